The van der Waals surface area contributed by atoms with Gasteiger partial charge < -0.3 is 0 Å². The van der Waals surface area contributed by atoms with Crippen molar-refractivity contribution >= 4 is 0 Å². The summed E-state index contributed by atoms with van der Waals surface area (Å²) in [6.07, 6.45) is 3.58. The van der Waals surface area contributed by atoms with Gasteiger partial charge in [0.05, 0.1) is 5.60 Å². The van der Waals surface area contributed by atoms with Gasteiger partial charge in [0.1, 0.15) is 0 Å². The maximum absolute atomic E-state index is 5.56. The minimum atomic E-state index is 0.00771. The minimum absolute atomic E-state index is 0.00771. The monoisotopic (exact) mass is 157 g/mol. The number of nitrogens with one attached hydrogen (secondary N) is 1. The molecule has 66 valence electrons. The second-order valence-electron chi connectivity index (χ2n) is 4.70. The van der Waals surface area contributed by atoms with Gasteiger partial charge in [-0.05, 0) is 47.0 Å². The van der Waals surface area contributed by atoms with Gasteiger partial charge >= 0.3 is 0 Å². The Morgan fingerprint density at radius 1 is 1.09 bits per heavy atom. The van der Waals surface area contributed by atoms with E-state index in [0.29, 0.717) is 0 Å². The molecule has 0 aromatic carbocycles. The highest BCUT2D eigenvalue weighted by atomic mass is 16.7. The lowest BCUT2D eigenvalue weighted by atomic mass is 9.95. The Labute approximate surface area is 69.3 Å². The van der Waals surface area contributed by atoms with Crippen LogP contribution in [-0.4, -0.2) is 11.1 Å². The van der Waals surface area contributed by atoms with Crippen LogP contribution in [0.25, 0.3) is 0 Å². The first-order valence-electron chi connectivity index (χ1n) is 4.37. The molecule has 2 heteroatoms. The van der Waals surface area contributed by atoms with Gasteiger partial charge in [0.2, 0.25) is 0 Å². The molecule has 0 aliphatic carbocycles. The van der Waals surface area contributed by atoms with Crippen LogP contribution >= 0.6 is 0 Å². The summed E-state index contributed by atoms with van der Waals surface area (Å²) >= 11 is 0. The predicted octanol–water partition coefficient (Wildman–Crippen LogP) is 2.25. The van der Waals surface area contributed by atoms with E-state index in [1.807, 2.05) is 0 Å². The molecule has 1 aliphatic rings. The van der Waals surface area contributed by atoms with Gasteiger partial charge in [0, 0.05) is 5.54 Å². The number of hydrogen-bond acceptors (Lipinski definition) is 2. The number of hydroxylamine groups is 1. The molecule has 1 N–H and O–H groups in total. The van der Waals surface area contributed by atoms with Crippen LogP contribution in [0.15, 0.2) is 0 Å². The van der Waals surface area contributed by atoms with Crippen LogP contribution in [0.3, 0.4) is 0 Å². The first-order chi connectivity index (χ1) is 4.91. The van der Waals surface area contributed by atoms with Gasteiger partial charge in [-0.25, -0.2) is 0 Å². The first kappa shape index (κ1) is 9.01. The molecule has 1 rings (SSSR count). The maximum atomic E-state index is 5.56. The summed E-state index contributed by atoms with van der Waals surface area (Å²) in [5.74, 6) is 0. The Kier molecular flexibility index (Phi) is 2.26. The maximum Gasteiger partial charge on any atom is 0.0841 e. The fourth-order valence-corrected chi connectivity index (χ4v) is 1.33. The smallest absolute Gasteiger partial charge is 0.0841 e. The summed E-state index contributed by atoms with van der Waals surface area (Å²) in [7, 11) is 0. The Balaban J connectivity index is 2.53. The lowest BCUT2D eigenvalue weighted by Crippen LogP contribution is -2.41. The Hall–Kier alpha value is -0.0800. The van der Waals surface area contributed by atoms with E-state index in [0.717, 1.165) is 6.42 Å². The lowest BCUT2D eigenvalue weighted by molar-refractivity contribution is -0.105. The van der Waals surface area contributed by atoms with Crippen molar-refractivity contribution in [3.05, 3.63) is 0 Å². The SMILES string of the molecule is CC1(C)CCCC(C)(C)ON1. The Morgan fingerprint density at radius 3 is 2.36 bits per heavy atom. The molecule has 0 aromatic heterocycles. The first-order valence-corrected chi connectivity index (χ1v) is 4.37. The third kappa shape index (κ3) is 2.80. The summed E-state index contributed by atoms with van der Waals surface area (Å²) in [5, 5.41) is 0. The van der Waals surface area contributed by atoms with Crippen molar-refractivity contribution in [2.45, 2.75) is 58.1 Å². The lowest BCUT2D eigenvalue weighted by Gasteiger charge is -2.26. The molecule has 0 saturated carbocycles. The molecular weight excluding hydrogens is 138 g/mol. The molecule has 2 nitrogen and oxygen atoms in total. The van der Waals surface area contributed by atoms with Crippen molar-refractivity contribution in [2.24, 2.45) is 0 Å². The van der Waals surface area contributed by atoms with E-state index in [9.17, 15) is 0 Å². The van der Waals surface area contributed by atoms with Gasteiger partial charge in [-0.2, -0.15) is 5.48 Å². The van der Waals surface area contributed by atoms with Crippen LogP contribution in [-0.2, 0) is 4.84 Å². The quantitative estimate of drug-likeness (QED) is 0.582. The third-order valence-corrected chi connectivity index (χ3v) is 2.18. The third-order valence-electron chi connectivity index (χ3n) is 2.18. The molecule has 11 heavy (non-hydrogen) atoms. The summed E-state index contributed by atoms with van der Waals surface area (Å²) in [6, 6.07) is 0. The van der Waals surface area contributed by atoms with Gasteiger partial charge in [-0.3, -0.25) is 4.84 Å². The van der Waals surface area contributed by atoms with Gasteiger partial charge in [0.15, 0.2) is 0 Å². The molecule has 1 aliphatic heterocycles. The van der Waals surface area contributed by atoms with Gasteiger partial charge in [-0.15, -0.1) is 0 Å². The molecule has 0 aromatic rings. The summed E-state index contributed by atoms with van der Waals surface area (Å²) < 4.78 is 0. The van der Waals surface area contributed by atoms with Crippen LogP contribution in [0.1, 0.15) is 47.0 Å². The highest BCUT2D eigenvalue weighted by molar-refractivity contribution is 4.80. The molecule has 0 spiro atoms. The largest absolute Gasteiger partial charge is 0.295 e. The Morgan fingerprint density at radius 2 is 1.73 bits per heavy atom. The molecule has 0 bridgehead atoms. The summed E-state index contributed by atoms with van der Waals surface area (Å²) in [6.45, 7) is 8.60. The van der Waals surface area contributed by atoms with Gasteiger partial charge in [0.25, 0.3) is 0 Å². The minimum Gasteiger partial charge on any atom is -0.295 e. The van der Waals surface area contributed by atoms with E-state index < -0.39 is 0 Å². The van der Waals surface area contributed by atoms with E-state index >= 15 is 0 Å². The topological polar surface area (TPSA) is 21.3 Å². The summed E-state index contributed by atoms with van der Waals surface area (Å²) in [5.41, 5.74) is 3.27. The molecule has 1 saturated heterocycles. The van der Waals surface area contributed by atoms with Crippen LogP contribution in [0.2, 0.25) is 0 Å². The second-order valence-corrected chi connectivity index (χ2v) is 4.70. The van der Waals surface area contributed by atoms with Crippen molar-refractivity contribution in [3.8, 4) is 0 Å². The van der Waals surface area contributed by atoms with Crippen molar-refractivity contribution in [2.75, 3.05) is 0 Å². The van der Waals surface area contributed by atoms with E-state index in [-0.39, 0.29) is 11.1 Å². The summed E-state index contributed by atoms with van der Waals surface area (Å²) in [4.78, 5) is 5.56. The fourth-order valence-electron chi connectivity index (χ4n) is 1.33. The molecule has 0 unspecified atom stereocenters. The van der Waals surface area contributed by atoms with Crippen LogP contribution < -0.4 is 5.48 Å². The molecule has 0 atom stereocenters. The normalized spacial score (nSPS) is 29.5. The van der Waals surface area contributed by atoms with E-state index in [1.165, 1.54) is 12.8 Å². The zero-order valence-electron chi connectivity index (χ0n) is 8.03. The van der Waals surface area contributed by atoms with Crippen molar-refractivity contribution in [3.63, 3.8) is 0 Å². The molecule has 1 heterocycles. The second kappa shape index (κ2) is 2.76. The highest BCUT2D eigenvalue weighted by Gasteiger charge is 2.28. The van der Waals surface area contributed by atoms with E-state index in [1.54, 1.807) is 0 Å². The fraction of sp³-hybridized carbons (Fsp3) is 1.00. The standard InChI is InChI=1S/C9H19NO/c1-8(2)6-5-7-9(3,4)11-10-8/h10H,5-7H2,1-4H3. The average Bonchev–Trinajstić information content (AvgIpc) is 1.92. The van der Waals surface area contributed by atoms with Crippen molar-refractivity contribution in [1.29, 1.82) is 0 Å². The van der Waals surface area contributed by atoms with Crippen LogP contribution in [0, 0.1) is 0 Å². The zero-order valence-corrected chi connectivity index (χ0v) is 8.03. The molecule has 0 radical (unpaired) electrons. The molecular formula is C9H19NO. The predicted molar refractivity (Wildman–Crippen MR) is 46.2 cm³/mol. The van der Waals surface area contributed by atoms with Crippen molar-refractivity contribution in [1.82, 2.24) is 5.48 Å². The Bertz CT molecular complexity index is 124. The number of rotatable bonds is 0. The van der Waals surface area contributed by atoms with Crippen LogP contribution in [0.4, 0.5) is 0 Å². The molecule has 1 fully saturated rings. The molecule has 0 amide bonds. The average molecular weight is 157 g/mol. The zero-order chi connectivity index (χ0) is 8.54. The highest BCUT2D eigenvalue weighted by Crippen LogP contribution is 2.25. The van der Waals surface area contributed by atoms with E-state index in [2.05, 4.69) is 33.2 Å². The van der Waals surface area contributed by atoms with E-state index in [4.69, 9.17) is 4.84 Å². The van der Waals surface area contributed by atoms with Crippen molar-refractivity contribution < 1.29 is 4.84 Å². The van der Waals surface area contributed by atoms with Gasteiger partial charge in [-0.1, -0.05) is 0 Å². The number of hydrogen-bond donors (Lipinski definition) is 1. The van der Waals surface area contributed by atoms with Crippen LogP contribution in [0.5, 0.6) is 0 Å².